The zero-order chi connectivity index (χ0) is 31.5. The lowest BCUT2D eigenvalue weighted by Gasteiger charge is -2.32. The Hall–Kier alpha value is -3.59. The maximum absolute atomic E-state index is 13.8. The highest BCUT2D eigenvalue weighted by Crippen LogP contribution is 2.27. The van der Waals surface area contributed by atoms with Crippen LogP contribution in [0.3, 0.4) is 0 Å². The minimum atomic E-state index is -0.997. The normalized spacial score (nSPS) is 16.9. The molecule has 0 radical (unpaired) electrons. The number of anilines is 2. The number of aliphatic hydroxyl groups is 1. The zero-order valence-corrected chi connectivity index (χ0v) is 26.7. The molecule has 2 atom stereocenters. The molecule has 4 N–H and O–H groups in total. The summed E-state index contributed by atoms with van der Waals surface area (Å²) < 4.78 is 0. The number of carbonyl (C=O) groups excluding carboxylic acids is 3. The van der Waals surface area contributed by atoms with E-state index >= 15 is 0 Å². The predicted octanol–water partition coefficient (Wildman–Crippen LogP) is 5.34. The van der Waals surface area contributed by atoms with Crippen LogP contribution in [-0.2, 0) is 11.2 Å². The van der Waals surface area contributed by atoms with E-state index in [-0.39, 0.29) is 30.4 Å². The van der Waals surface area contributed by atoms with Crippen molar-refractivity contribution in [1.82, 2.24) is 15.5 Å². The first-order chi connectivity index (χ1) is 21.2. The van der Waals surface area contributed by atoms with Crippen LogP contribution in [0.15, 0.2) is 48.5 Å². The fraction of sp³-hybridized carbons (Fsp3) is 0.571. The monoisotopic (exact) mass is 605 g/mol. The molecule has 9 heteroatoms. The van der Waals surface area contributed by atoms with Crippen LogP contribution in [0.25, 0.3) is 0 Å². The van der Waals surface area contributed by atoms with Crippen LogP contribution in [0.1, 0.15) is 88.1 Å². The van der Waals surface area contributed by atoms with Crippen molar-refractivity contribution in [2.24, 2.45) is 5.92 Å². The number of hydrogen-bond donors (Lipinski definition) is 4. The van der Waals surface area contributed by atoms with Gasteiger partial charge in [-0.3, -0.25) is 9.59 Å². The molecule has 44 heavy (non-hydrogen) atoms. The van der Waals surface area contributed by atoms with E-state index in [1.54, 1.807) is 15.9 Å². The Morgan fingerprint density at radius 3 is 2.45 bits per heavy atom. The Bertz CT molecular complexity index is 1230. The second kappa shape index (κ2) is 16.5. The molecule has 4 amide bonds. The van der Waals surface area contributed by atoms with Crippen molar-refractivity contribution in [3.63, 3.8) is 0 Å². The fourth-order valence-electron chi connectivity index (χ4n) is 6.05. The molecule has 2 unspecified atom stereocenters. The maximum atomic E-state index is 13.8. The van der Waals surface area contributed by atoms with E-state index in [1.807, 2.05) is 49.4 Å². The third kappa shape index (κ3) is 9.71. The molecule has 1 aliphatic heterocycles. The van der Waals surface area contributed by atoms with Gasteiger partial charge in [-0.05, 0) is 68.7 Å². The first-order valence-corrected chi connectivity index (χ1v) is 16.5. The molecule has 1 heterocycles. The van der Waals surface area contributed by atoms with Gasteiger partial charge in [0.25, 0.3) is 5.91 Å². The van der Waals surface area contributed by atoms with E-state index in [4.69, 9.17) is 0 Å². The summed E-state index contributed by atoms with van der Waals surface area (Å²) in [7, 11) is 0. The fourth-order valence-corrected chi connectivity index (χ4v) is 6.05. The van der Waals surface area contributed by atoms with Gasteiger partial charge in [-0.25, -0.2) is 4.79 Å². The van der Waals surface area contributed by atoms with Crippen LogP contribution in [0.4, 0.5) is 16.2 Å². The third-order valence-corrected chi connectivity index (χ3v) is 8.70. The number of carbonyl (C=O) groups is 3. The summed E-state index contributed by atoms with van der Waals surface area (Å²) in [6.07, 6.45) is 7.07. The predicted molar refractivity (Wildman–Crippen MR) is 176 cm³/mol. The van der Waals surface area contributed by atoms with Crippen LogP contribution in [0.2, 0.25) is 0 Å². The van der Waals surface area contributed by atoms with Gasteiger partial charge in [0.2, 0.25) is 5.91 Å². The van der Waals surface area contributed by atoms with Crippen LogP contribution < -0.4 is 20.9 Å². The Morgan fingerprint density at radius 1 is 1.05 bits per heavy atom. The Labute approximate surface area is 262 Å². The molecule has 1 saturated heterocycles. The number of benzene rings is 2. The summed E-state index contributed by atoms with van der Waals surface area (Å²) in [6.45, 7) is 8.14. The second-order valence-electron chi connectivity index (χ2n) is 12.7. The Kier molecular flexibility index (Phi) is 12.5. The quantitative estimate of drug-likeness (QED) is 0.232. The lowest BCUT2D eigenvalue weighted by atomic mass is 9.96. The molecule has 2 fully saturated rings. The van der Waals surface area contributed by atoms with Crippen molar-refractivity contribution in [2.45, 2.75) is 96.7 Å². The smallest absolute Gasteiger partial charge is 0.317 e. The van der Waals surface area contributed by atoms with E-state index in [2.05, 4.69) is 29.8 Å². The zero-order valence-electron chi connectivity index (χ0n) is 26.7. The molecule has 0 aromatic heterocycles. The highest BCUT2D eigenvalue weighted by Gasteiger charge is 2.28. The Morgan fingerprint density at radius 2 is 1.80 bits per heavy atom. The summed E-state index contributed by atoms with van der Waals surface area (Å²) in [6, 6.07) is 14.6. The van der Waals surface area contributed by atoms with E-state index in [0.717, 1.165) is 56.3 Å². The minimum absolute atomic E-state index is 0.0548. The van der Waals surface area contributed by atoms with Crippen molar-refractivity contribution in [1.29, 1.82) is 0 Å². The van der Waals surface area contributed by atoms with Crippen LogP contribution in [0.5, 0.6) is 0 Å². The number of amides is 4. The second-order valence-corrected chi connectivity index (χ2v) is 12.7. The van der Waals surface area contributed by atoms with Crippen molar-refractivity contribution in [2.75, 3.05) is 36.4 Å². The van der Waals surface area contributed by atoms with Gasteiger partial charge in [-0.1, -0.05) is 63.4 Å². The molecule has 0 spiro atoms. The van der Waals surface area contributed by atoms with E-state index in [9.17, 15) is 19.5 Å². The van der Waals surface area contributed by atoms with E-state index in [1.165, 1.54) is 6.42 Å². The third-order valence-electron chi connectivity index (χ3n) is 8.70. The summed E-state index contributed by atoms with van der Waals surface area (Å²) in [5, 5.41) is 21.2. The molecule has 1 saturated carbocycles. The van der Waals surface area contributed by atoms with Gasteiger partial charge in [-0.15, -0.1) is 0 Å². The first kappa shape index (κ1) is 33.3. The molecule has 2 aromatic carbocycles. The molecule has 4 rings (SSSR count). The molecule has 1 aliphatic carbocycles. The summed E-state index contributed by atoms with van der Waals surface area (Å²) in [5.41, 5.74) is 2.87. The largest absolute Gasteiger partial charge is 0.389 e. The van der Waals surface area contributed by atoms with Gasteiger partial charge in [-0.2, -0.15) is 0 Å². The van der Waals surface area contributed by atoms with Gasteiger partial charge < -0.3 is 30.9 Å². The SMILES string of the molecule is CCN(CC(O)C(Cc1ccccc1)NC(=O)c1cc(NCCC(C)C)cc(N2CCCC2=O)c1)C(=O)NC1CCCCC1. The molecule has 2 aromatic rings. The van der Waals surface area contributed by atoms with Crippen molar-refractivity contribution >= 4 is 29.2 Å². The molecule has 2 aliphatic rings. The van der Waals surface area contributed by atoms with Crippen LogP contribution in [0, 0.1) is 5.92 Å². The van der Waals surface area contributed by atoms with Crippen LogP contribution in [-0.4, -0.2) is 72.2 Å². The number of nitrogens with zero attached hydrogens (tertiary/aromatic N) is 2. The van der Waals surface area contributed by atoms with Crippen molar-refractivity contribution in [3.8, 4) is 0 Å². The highest BCUT2D eigenvalue weighted by molar-refractivity contribution is 6.00. The summed E-state index contributed by atoms with van der Waals surface area (Å²) in [4.78, 5) is 42.9. The summed E-state index contributed by atoms with van der Waals surface area (Å²) >= 11 is 0. The minimum Gasteiger partial charge on any atom is -0.389 e. The lowest BCUT2D eigenvalue weighted by molar-refractivity contribution is -0.117. The molecule has 240 valence electrons. The number of aliphatic hydroxyl groups excluding tert-OH is 1. The summed E-state index contributed by atoms with van der Waals surface area (Å²) in [5.74, 6) is 0.251. The average Bonchev–Trinajstić information content (AvgIpc) is 3.45. The van der Waals surface area contributed by atoms with Crippen LogP contribution >= 0.6 is 0 Å². The topological polar surface area (TPSA) is 114 Å². The number of rotatable bonds is 14. The van der Waals surface area contributed by atoms with Gasteiger partial charge in [0, 0.05) is 49.0 Å². The van der Waals surface area contributed by atoms with Gasteiger partial charge in [0.05, 0.1) is 18.7 Å². The Balaban J connectivity index is 1.53. The average molecular weight is 606 g/mol. The van der Waals surface area contributed by atoms with Gasteiger partial charge in [0.15, 0.2) is 0 Å². The van der Waals surface area contributed by atoms with Crippen molar-refractivity contribution < 1.29 is 19.5 Å². The van der Waals surface area contributed by atoms with Crippen molar-refractivity contribution in [3.05, 3.63) is 59.7 Å². The van der Waals surface area contributed by atoms with Gasteiger partial charge >= 0.3 is 6.03 Å². The standard InChI is InChI=1S/C35H51N5O4/c1-4-39(35(44)37-28-14-9-6-10-15-28)24-32(41)31(20-26-12-7-5-8-13-26)38-34(43)27-21-29(36-18-17-25(2)3)23-30(22-27)40-19-11-16-33(40)42/h5,7-8,12-13,21-23,25,28,31-32,36,41H,4,6,9-11,14-20,24H2,1-3H3,(H,37,44)(H,38,43). The first-order valence-electron chi connectivity index (χ1n) is 16.5. The molecular formula is C35H51N5O4. The molecule has 9 nitrogen and oxygen atoms in total. The number of likely N-dealkylation sites (N-methyl/N-ethyl adjacent to an activating group) is 1. The highest BCUT2D eigenvalue weighted by atomic mass is 16.3. The van der Waals surface area contributed by atoms with Gasteiger partial charge in [0.1, 0.15) is 0 Å². The maximum Gasteiger partial charge on any atom is 0.317 e. The molecule has 0 bridgehead atoms. The van der Waals surface area contributed by atoms with E-state index < -0.39 is 12.1 Å². The number of hydrogen-bond acceptors (Lipinski definition) is 5. The lowest BCUT2D eigenvalue weighted by Crippen LogP contribution is -2.53. The molecular weight excluding hydrogens is 554 g/mol. The number of nitrogens with one attached hydrogen (secondary N) is 3. The number of urea groups is 1. The van der Waals surface area contributed by atoms with E-state index in [0.29, 0.717) is 43.1 Å².